The number of carbonyl (C=O) groups is 1. The molecule has 2 N–H and O–H groups in total. The smallest absolute Gasteiger partial charge is 0.410 e. The lowest BCUT2D eigenvalue weighted by Crippen LogP contribution is -2.53. The highest BCUT2D eigenvalue weighted by Crippen LogP contribution is 2.47. The summed E-state index contributed by atoms with van der Waals surface area (Å²) in [6, 6.07) is 31.6. The lowest BCUT2D eigenvalue weighted by atomic mass is 9.98. The number of carbonyl (C=O) groups excluding carboxylic acids is 1. The Labute approximate surface area is 380 Å². The fourth-order valence-electron chi connectivity index (χ4n) is 7.33. The summed E-state index contributed by atoms with van der Waals surface area (Å²) in [4.78, 5) is 19.9. The molecule has 1 aliphatic heterocycles. The summed E-state index contributed by atoms with van der Waals surface area (Å²) < 4.78 is 58.2. The van der Waals surface area contributed by atoms with Crippen molar-refractivity contribution in [2.75, 3.05) is 40.2 Å². The highest BCUT2D eigenvalue weighted by atomic mass is 32.2. The summed E-state index contributed by atoms with van der Waals surface area (Å²) in [5.74, 6) is 2.20. The maximum Gasteiger partial charge on any atom is 0.410 e. The molecule has 0 radical (unpaired) electrons. The summed E-state index contributed by atoms with van der Waals surface area (Å²) in [6.07, 6.45) is -0.424. The quantitative estimate of drug-likeness (QED) is 0.104. The SMILES string of the molecule is COc1ccc(CN(Cc2ccc(OC)cc2)S(=O)(=O)c2c(SC3CN(C(=O)OC(C)(C)C)C3)ccc(-c3cccc4sc(N)nc34)c2-c2nnnn2Cc2ccc(OC)cc2)cc1. The number of tetrazole rings is 1. The van der Waals surface area contributed by atoms with Crippen molar-refractivity contribution >= 4 is 54.6 Å². The molecule has 1 aliphatic rings. The Kier molecular flexibility index (Phi) is 12.8. The molecule has 3 heterocycles. The van der Waals surface area contributed by atoms with Crippen LogP contribution in [0, 0.1) is 0 Å². The number of rotatable bonds is 15. The molecular weight excluding hydrogens is 873 g/mol. The first-order valence-electron chi connectivity index (χ1n) is 20.4. The average molecular weight is 921 g/mol. The van der Waals surface area contributed by atoms with Crippen molar-refractivity contribution in [3.63, 3.8) is 0 Å². The summed E-state index contributed by atoms with van der Waals surface area (Å²) in [5, 5.41) is 13.4. The monoisotopic (exact) mass is 920 g/mol. The molecule has 0 saturated carbocycles. The lowest BCUT2D eigenvalue weighted by Gasteiger charge is -2.39. The molecule has 0 atom stereocenters. The van der Waals surface area contributed by atoms with E-state index in [1.165, 1.54) is 27.4 Å². The second-order valence-corrected chi connectivity index (χ2v) is 20.4. The van der Waals surface area contributed by atoms with Gasteiger partial charge < -0.3 is 29.6 Å². The fraction of sp³-hybridized carbons (Fsp3) is 0.283. The Bertz CT molecular complexity index is 2830. The third kappa shape index (κ3) is 9.64. The molecule has 0 unspecified atom stereocenters. The van der Waals surface area contributed by atoms with Gasteiger partial charge in [0, 0.05) is 41.9 Å². The van der Waals surface area contributed by atoms with E-state index in [-0.39, 0.29) is 35.6 Å². The fourth-order valence-corrected chi connectivity index (χ4v) is 11.5. The maximum atomic E-state index is 16.2. The third-order valence-corrected chi connectivity index (χ3v) is 14.6. The number of nitrogens with zero attached hydrogens (tertiary/aromatic N) is 7. The molecule has 5 aromatic carbocycles. The molecule has 8 rings (SSSR count). The highest BCUT2D eigenvalue weighted by molar-refractivity contribution is 8.00. The average Bonchev–Trinajstić information content (AvgIpc) is 3.89. The van der Waals surface area contributed by atoms with Gasteiger partial charge in [-0.25, -0.2) is 22.9 Å². The van der Waals surface area contributed by atoms with Crippen LogP contribution >= 0.6 is 23.1 Å². The van der Waals surface area contributed by atoms with Gasteiger partial charge in [-0.1, -0.05) is 65.9 Å². The largest absolute Gasteiger partial charge is 0.497 e. The Hall–Kier alpha value is -6.21. The minimum absolute atomic E-state index is 0.0109. The summed E-state index contributed by atoms with van der Waals surface area (Å²) in [7, 11) is 0.270. The standard InChI is InChI=1S/C46H48N8O7S3/c1-46(2,3)61-45(55)52-27-35(28-52)62-39-23-22-36(37-8-7-9-38-41(37)48-44(47)63-38)40(43-49-50-51-54(43)26-31-14-20-34(60-6)21-15-31)42(39)64(56,57)53(24-29-10-16-32(58-4)17-11-29)25-30-12-18-33(59-5)19-13-30/h7-23,35H,24-28H2,1-6H3,(H2,47,48). The molecule has 0 bridgehead atoms. The van der Waals surface area contributed by atoms with E-state index in [9.17, 15) is 4.79 Å². The van der Waals surface area contributed by atoms with Gasteiger partial charge in [-0.15, -0.1) is 16.9 Å². The van der Waals surface area contributed by atoms with E-state index >= 15 is 8.42 Å². The van der Waals surface area contributed by atoms with E-state index in [4.69, 9.17) is 29.7 Å². The number of anilines is 1. The van der Waals surface area contributed by atoms with Crippen LogP contribution < -0.4 is 19.9 Å². The van der Waals surface area contributed by atoms with Crippen molar-refractivity contribution < 1.29 is 32.2 Å². The number of likely N-dealkylation sites (tertiary alicyclic amines) is 1. The van der Waals surface area contributed by atoms with Crippen molar-refractivity contribution in [1.29, 1.82) is 0 Å². The molecule has 0 spiro atoms. The molecule has 332 valence electrons. The minimum Gasteiger partial charge on any atom is -0.497 e. The van der Waals surface area contributed by atoms with Crippen LogP contribution in [0.25, 0.3) is 32.7 Å². The molecule has 2 aromatic heterocycles. The Morgan fingerprint density at radius 1 is 0.812 bits per heavy atom. The number of ether oxygens (including phenoxy) is 4. The van der Waals surface area contributed by atoms with Gasteiger partial charge in [0.1, 0.15) is 27.7 Å². The lowest BCUT2D eigenvalue weighted by molar-refractivity contribution is 0.0143. The van der Waals surface area contributed by atoms with Crippen molar-refractivity contribution in [2.24, 2.45) is 0 Å². The molecule has 1 saturated heterocycles. The number of amides is 1. The van der Waals surface area contributed by atoms with E-state index in [0.717, 1.165) is 21.4 Å². The number of fused-ring (bicyclic) bond motifs is 1. The van der Waals surface area contributed by atoms with Gasteiger partial charge >= 0.3 is 6.09 Å². The Morgan fingerprint density at radius 3 is 1.95 bits per heavy atom. The van der Waals surface area contributed by atoms with Crippen LogP contribution in [0.1, 0.15) is 37.5 Å². The van der Waals surface area contributed by atoms with Gasteiger partial charge in [0.25, 0.3) is 0 Å². The number of sulfonamides is 1. The van der Waals surface area contributed by atoms with Crippen LogP contribution in [-0.4, -0.2) is 94.2 Å². The Balaban J connectivity index is 1.34. The van der Waals surface area contributed by atoms with Crippen molar-refractivity contribution in [3.8, 4) is 39.8 Å². The molecule has 18 heteroatoms. The van der Waals surface area contributed by atoms with Crippen LogP contribution in [0.5, 0.6) is 17.2 Å². The van der Waals surface area contributed by atoms with E-state index in [2.05, 4.69) is 15.5 Å². The number of thiazole rings is 1. The number of nitrogen functional groups attached to an aromatic ring is 1. The minimum atomic E-state index is -4.50. The van der Waals surface area contributed by atoms with Gasteiger partial charge in [0.2, 0.25) is 10.0 Å². The van der Waals surface area contributed by atoms with Gasteiger partial charge in [0.15, 0.2) is 11.0 Å². The number of methoxy groups -OCH3 is 3. The molecular formula is C46H48N8O7S3. The summed E-state index contributed by atoms with van der Waals surface area (Å²) >= 11 is 2.73. The first kappa shape index (κ1) is 44.4. The van der Waals surface area contributed by atoms with Crippen molar-refractivity contribution in [3.05, 3.63) is 120 Å². The van der Waals surface area contributed by atoms with Gasteiger partial charge in [-0.05, 0) is 102 Å². The second-order valence-electron chi connectivity index (χ2n) is 16.1. The zero-order valence-electron chi connectivity index (χ0n) is 36.2. The van der Waals surface area contributed by atoms with Gasteiger partial charge in [0.05, 0.1) is 43.7 Å². The van der Waals surface area contributed by atoms with Crippen LogP contribution in [0.2, 0.25) is 0 Å². The zero-order chi connectivity index (χ0) is 45.2. The summed E-state index contributed by atoms with van der Waals surface area (Å²) in [6.45, 7) is 6.41. The predicted octanol–water partition coefficient (Wildman–Crippen LogP) is 8.38. The van der Waals surface area contributed by atoms with E-state index in [1.54, 1.807) is 55.2 Å². The highest BCUT2D eigenvalue weighted by Gasteiger charge is 2.39. The van der Waals surface area contributed by atoms with Gasteiger partial charge in [-0.3, -0.25) is 0 Å². The van der Waals surface area contributed by atoms with Gasteiger partial charge in [-0.2, -0.15) is 4.31 Å². The first-order valence-corrected chi connectivity index (χ1v) is 23.5. The molecule has 1 fully saturated rings. The number of aromatic nitrogens is 5. The maximum absolute atomic E-state index is 16.2. The zero-order valence-corrected chi connectivity index (χ0v) is 38.7. The predicted molar refractivity (Wildman–Crippen MR) is 248 cm³/mol. The molecule has 15 nitrogen and oxygen atoms in total. The van der Waals surface area contributed by atoms with Crippen LogP contribution in [0.15, 0.2) is 113 Å². The Morgan fingerprint density at radius 2 is 1.39 bits per heavy atom. The van der Waals surface area contributed by atoms with Crippen molar-refractivity contribution in [1.82, 2.24) is 34.4 Å². The van der Waals surface area contributed by atoms with E-state index < -0.39 is 21.7 Å². The normalized spacial score (nSPS) is 13.3. The number of hydrogen-bond acceptors (Lipinski definition) is 14. The molecule has 64 heavy (non-hydrogen) atoms. The van der Waals surface area contributed by atoms with E-state index in [1.807, 2.05) is 99.6 Å². The number of nitrogens with two attached hydrogens (primary N) is 1. The number of thioether (sulfide) groups is 1. The second kappa shape index (κ2) is 18.5. The third-order valence-electron chi connectivity index (χ3n) is 10.5. The van der Waals surface area contributed by atoms with Crippen LogP contribution in [-0.2, 0) is 34.4 Å². The van der Waals surface area contributed by atoms with Crippen LogP contribution in [0.3, 0.4) is 0 Å². The van der Waals surface area contributed by atoms with Crippen LogP contribution in [0.4, 0.5) is 9.93 Å². The number of hydrogen-bond donors (Lipinski definition) is 1. The molecule has 0 aliphatic carbocycles. The number of benzene rings is 5. The summed E-state index contributed by atoms with van der Waals surface area (Å²) in [5.41, 5.74) is 10.1. The molecule has 7 aromatic rings. The molecule has 1 amide bonds. The topological polar surface area (TPSA) is 177 Å². The first-order chi connectivity index (χ1) is 30.7. The van der Waals surface area contributed by atoms with E-state index in [0.29, 0.717) is 62.6 Å². The van der Waals surface area contributed by atoms with Crippen molar-refractivity contribution in [2.45, 2.75) is 61.0 Å². The number of para-hydroxylation sites is 1.